The Hall–Kier alpha value is -2.30. The molecule has 1 aromatic carbocycles. The summed E-state index contributed by atoms with van der Waals surface area (Å²) in [5, 5.41) is 0. The number of carbonyl (C=O) groups excluding carboxylic acids is 2. The van der Waals surface area contributed by atoms with Crippen molar-refractivity contribution >= 4 is 17.5 Å². The van der Waals surface area contributed by atoms with E-state index < -0.39 is 0 Å². The second-order valence-electron chi connectivity index (χ2n) is 6.61. The molecule has 1 aliphatic rings. The molecule has 1 atom stereocenters. The van der Waals surface area contributed by atoms with Crippen molar-refractivity contribution in [1.29, 1.82) is 0 Å². The number of anilines is 1. The number of carbonyl (C=O) groups is 2. The zero-order valence-corrected chi connectivity index (χ0v) is 14.9. The van der Waals surface area contributed by atoms with Crippen molar-refractivity contribution in [2.75, 3.05) is 32.1 Å². The summed E-state index contributed by atoms with van der Waals surface area (Å²) in [5.41, 5.74) is 2.03. The van der Waals surface area contributed by atoms with Crippen molar-refractivity contribution in [2.45, 2.75) is 20.3 Å². The van der Waals surface area contributed by atoms with Crippen LogP contribution in [-0.2, 0) is 16.0 Å². The van der Waals surface area contributed by atoms with Gasteiger partial charge in [0, 0.05) is 19.3 Å². The molecule has 1 aliphatic heterocycles. The van der Waals surface area contributed by atoms with Crippen molar-refractivity contribution in [3.63, 3.8) is 0 Å². The van der Waals surface area contributed by atoms with Crippen LogP contribution in [0.5, 0.6) is 5.75 Å². The van der Waals surface area contributed by atoms with Crippen LogP contribution in [0.15, 0.2) is 30.9 Å². The number of ether oxygens (including phenoxy) is 1. The number of fused-ring (bicyclic) bond motifs is 1. The van der Waals surface area contributed by atoms with E-state index >= 15 is 0 Å². The molecule has 5 nitrogen and oxygen atoms in total. The highest BCUT2D eigenvalue weighted by Gasteiger charge is 2.31. The van der Waals surface area contributed by atoms with Crippen LogP contribution in [0.2, 0.25) is 0 Å². The first kappa shape index (κ1) is 18.0. The summed E-state index contributed by atoms with van der Waals surface area (Å²) in [6.07, 6.45) is 2.15. The molecule has 1 aromatic rings. The molecule has 130 valence electrons. The predicted octanol–water partition coefficient (Wildman–Crippen LogP) is 2.50. The molecule has 1 heterocycles. The maximum atomic E-state index is 12.8. The second kappa shape index (κ2) is 7.51. The fourth-order valence-electron chi connectivity index (χ4n) is 3.00. The zero-order chi connectivity index (χ0) is 17.9. The van der Waals surface area contributed by atoms with Gasteiger partial charge in [-0.1, -0.05) is 20.4 Å². The molecular formula is C19H26N2O3. The maximum absolute atomic E-state index is 12.8. The number of likely N-dealkylation sites (N-methyl/N-ethyl adjacent to an activating group) is 1. The van der Waals surface area contributed by atoms with Crippen molar-refractivity contribution < 1.29 is 14.3 Å². The molecule has 0 spiro atoms. The van der Waals surface area contributed by atoms with Crippen LogP contribution >= 0.6 is 0 Å². The normalized spacial score (nSPS) is 16.5. The quantitative estimate of drug-likeness (QED) is 0.780. The molecule has 0 N–H and O–H groups in total. The van der Waals surface area contributed by atoms with Crippen molar-refractivity contribution in [2.24, 2.45) is 11.8 Å². The number of rotatable bonds is 5. The minimum absolute atomic E-state index is 0.0428. The highest BCUT2D eigenvalue weighted by Crippen LogP contribution is 2.35. The zero-order valence-electron chi connectivity index (χ0n) is 14.9. The highest BCUT2D eigenvalue weighted by atomic mass is 16.5. The molecule has 0 saturated carbocycles. The largest absolute Gasteiger partial charge is 0.497 e. The molecule has 24 heavy (non-hydrogen) atoms. The van der Waals surface area contributed by atoms with Crippen LogP contribution in [0.4, 0.5) is 5.69 Å². The Balaban J connectivity index is 2.29. The third-order valence-electron chi connectivity index (χ3n) is 4.64. The molecule has 0 bridgehead atoms. The van der Waals surface area contributed by atoms with Crippen LogP contribution < -0.4 is 9.64 Å². The van der Waals surface area contributed by atoms with E-state index in [9.17, 15) is 9.59 Å². The van der Waals surface area contributed by atoms with Gasteiger partial charge >= 0.3 is 0 Å². The van der Waals surface area contributed by atoms with Gasteiger partial charge in [-0.25, -0.2) is 0 Å². The fraction of sp³-hybridized carbons (Fsp3) is 0.474. The number of hydrogen-bond acceptors (Lipinski definition) is 3. The second-order valence-corrected chi connectivity index (χ2v) is 6.61. The lowest BCUT2D eigenvalue weighted by molar-refractivity contribution is -0.130. The smallest absolute Gasteiger partial charge is 0.246 e. The first-order valence-corrected chi connectivity index (χ1v) is 8.22. The fourth-order valence-corrected chi connectivity index (χ4v) is 3.00. The third-order valence-corrected chi connectivity index (χ3v) is 4.64. The van der Waals surface area contributed by atoms with E-state index in [-0.39, 0.29) is 18.4 Å². The van der Waals surface area contributed by atoms with Crippen molar-refractivity contribution in [1.82, 2.24) is 4.90 Å². The third kappa shape index (κ3) is 3.78. The van der Waals surface area contributed by atoms with Crippen LogP contribution in [0, 0.1) is 11.8 Å². The summed E-state index contributed by atoms with van der Waals surface area (Å²) in [6, 6.07) is 5.80. The first-order chi connectivity index (χ1) is 11.4. The van der Waals surface area contributed by atoms with Gasteiger partial charge in [-0.3, -0.25) is 9.59 Å². The van der Waals surface area contributed by atoms with Gasteiger partial charge in [0.15, 0.2) is 0 Å². The lowest BCUT2D eigenvalue weighted by Gasteiger charge is -2.37. The molecule has 2 amide bonds. The van der Waals surface area contributed by atoms with Gasteiger partial charge in [0.1, 0.15) is 12.3 Å². The number of nitrogens with zero attached hydrogens (tertiary/aromatic N) is 2. The Kier molecular flexibility index (Phi) is 5.65. The number of amides is 2. The van der Waals surface area contributed by atoms with Gasteiger partial charge in [0.05, 0.1) is 7.11 Å². The van der Waals surface area contributed by atoms with Crippen molar-refractivity contribution in [3.8, 4) is 5.75 Å². The minimum Gasteiger partial charge on any atom is -0.497 e. The van der Waals surface area contributed by atoms with E-state index in [2.05, 4.69) is 20.4 Å². The van der Waals surface area contributed by atoms with E-state index in [0.717, 1.165) is 23.4 Å². The molecule has 5 heteroatoms. The highest BCUT2D eigenvalue weighted by molar-refractivity contribution is 5.99. The Bertz CT molecular complexity index is 639. The van der Waals surface area contributed by atoms with Crippen LogP contribution in [0.3, 0.4) is 0 Å². The van der Waals surface area contributed by atoms with Gasteiger partial charge in [0.2, 0.25) is 11.8 Å². The number of hydrogen-bond donors (Lipinski definition) is 0. The topological polar surface area (TPSA) is 49.9 Å². The summed E-state index contributed by atoms with van der Waals surface area (Å²) >= 11 is 0. The van der Waals surface area contributed by atoms with E-state index in [0.29, 0.717) is 18.4 Å². The standard InChI is InChI=1S/C19H26N2O3/c1-6-18(22)20(4)12-19(23)21-11-15(13(2)3)9-14-10-16(24-5)7-8-17(14)21/h6-8,10,13,15H,1,9,11-12H2,2-5H3. The number of benzene rings is 1. The molecule has 1 unspecified atom stereocenters. The van der Waals surface area contributed by atoms with Gasteiger partial charge in [-0.05, 0) is 48.1 Å². The van der Waals surface area contributed by atoms with Crippen LogP contribution in [-0.4, -0.2) is 44.0 Å². The lowest BCUT2D eigenvalue weighted by atomic mass is 9.84. The molecule has 0 saturated heterocycles. The average molecular weight is 330 g/mol. The Morgan fingerprint density at radius 2 is 2.17 bits per heavy atom. The SMILES string of the molecule is C=CC(=O)N(C)CC(=O)N1CC(C(C)C)Cc2cc(OC)ccc21. The van der Waals surface area contributed by atoms with Gasteiger partial charge in [0.25, 0.3) is 0 Å². The Labute approximate surface area is 143 Å². The summed E-state index contributed by atoms with van der Waals surface area (Å²) in [7, 11) is 3.25. The maximum Gasteiger partial charge on any atom is 0.246 e. The molecule has 0 fully saturated rings. The molecule has 0 aliphatic carbocycles. The van der Waals surface area contributed by atoms with Gasteiger partial charge in [-0.2, -0.15) is 0 Å². The molecule has 0 radical (unpaired) electrons. The van der Waals surface area contributed by atoms with E-state index in [1.165, 1.54) is 11.0 Å². The average Bonchev–Trinajstić information content (AvgIpc) is 2.58. The summed E-state index contributed by atoms with van der Waals surface area (Å²) < 4.78 is 5.31. The van der Waals surface area contributed by atoms with E-state index in [4.69, 9.17) is 4.74 Å². The van der Waals surface area contributed by atoms with Gasteiger partial charge in [-0.15, -0.1) is 0 Å². The lowest BCUT2D eigenvalue weighted by Crippen LogP contribution is -2.46. The van der Waals surface area contributed by atoms with Crippen molar-refractivity contribution in [3.05, 3.63) is 36.4 Å². The minimum atomic E-state index is -0.254. The summed E-state index contributed by atoms with van der Waals surface area (Å²) in [4.78, 5) is 27.6. The number of methoxy groups -OCH3 is 1. The van der Waals surface area contributed by atoms with Crippen LogP contribution in [0.1, 0.15) is 19.4 Å². The first-order valence-electron chi connectivity index (χ1n) is 8.22. The van der Waals surface area contributed by atoms with Crippen LogP contribution in [0.25, 0.3) is 0 Å². The van der Waals surface area contributed by atoms with E-state index in [1.807, 2.05) is 18.2 Å². The Morgan fingerprint density at radius 1 is 1.46 bits per heavy atom. The van der Waals surface area contributed by atoms with Gasteiger partial charge < -0.3 is 14.5 Å². The summed E-state index contributed by atoms with van der Waals surface area (Å²) in [6.45, 7) is 8.52. The molecule has 2 rings (SSSR count). The monoisotopic (exact) mass is 330 g/mol. The predicted molar refractivity (Wildman–Crippen MR) is 95.2 cm³/mol. The molecule has 0 aromatic heterocycles. The molecular weight excluding hydrogens is 304 g/mol. The Morgan fingerprint density at radius 3 is 2.75 bits per heavy atom. The summed E-state index contributed by atoms with van der Waals surface area (Å²) in [5.74, 6) is 1.31. The van der Waals surface area contributed by atoms with E-state index in [1.54, 1.807) is 19.1 Å².